The van der Waals surface area contributed by atoms with Gasteiger partial charge in [-0.3, -0.25) is 4.79 Å². The average molecular weight is 324 g/mol. The molecule has 0 bridgehead atoms. The Morgan fingerprint density at radius 3 is 2.17 bits per heavy atom. The second-order valence-electron chi connectivity index (χ2n) is 6.76. The molecule has 1 unspecified atom stereocenters. The highest BCUT2D eigenvalue weighted by Gasteiger charge is 2.17. The average Bonchev–Trinajstić information content (AvgIpc) is 2.58. The molecule has 0 aliphatic carbocycles. The third-order valence-electron chi connectivity index (χ3n) is 4.24. The Morgan fingerprint density at radius 1 is 1.00 bits per heavy atom. The lowest BCUT2D eigenvalue weighted by Gasteiger charge is -2.23. The molecule has 0 aliphatic heterocycles. The van der Waals surface area contributed by atoms with Crippen molar-refractivity contribution in [2.75, 3.05) is 19.0 Å². The van der Waals surface area contributed by atoms with E-state index in [1.807, 2.05) is 32.3 Å². The summed E-state index contributed by atoms with van der Waals surface area (Å²) in [6.07, 6.45) is 1.27. The molecule has 0 aromatic heterocycles. The number of carbonyl (C=O) groups is 1. The molecule has 0 aliphatic rings. The van der Waals surface area contributed by atoms with Gasteiger partial charge in [0.25, 0.3) is 0 Å². The van der Waals surface area contributed by atoms with Crippen LogP contribution in [0.25, 0.3) is 0 Å². The molecule has 128 valence electrons. The van der Waals surface area contributed by atoms with Crippen LogP contribution in [0.4, 0.5) is 5.69 Å². The molecular weight excluding hydrogens is 296 g/mol. The van der Waals surface area contributed by atoms with Gasteiger partial charge in [-0.1, -0.05) is 56.3 Å². The van der Waals surface area contributed by atoms with Gasteiger partial charge in [-0.25, -0.2) is 0 Å². The molecule has 2 rings (SSSR count). The van der Waals surface area contributed by atoms with Gasteiger partial charge in [0.2, 0.25) is 5.91 Å². The van der Waals surface area contributed by atoms with Crippen LogP contribution in [0.2, 0.25) is 0 Å². The minimum atomic E-state index is 0.0646. The maximum atomic E-state index is 12.4. The highest BCUT2D eigenvalue weighted by Crippen LogP contribution is 2.21. The third-order valence-corrected chi connectivity index (χ3v) is 4.24. The maximum absolute atomic E-state index is 12.4. The van der Waals surface area contributed by atoms with E-state index in [4.69, 9.17) is 0 Å². The van der Waals surface area contributed by atoms with Gasteiger partial charge in [0.15, 0.2) is 0 Å². The van der Waals surface area contributed by atoms with Crippen molar-refractivity contribution >= 4 is 11.6 Å². The van der Waals surface area contributed by atoms with Crippen LogP contribution in [0.3, 0.4) is 0 Å². The van der Waals surface area contributed by atoms with E-state index >= 15 is 0 Å². The third kappa shape index (κ3) is 5.12. The number of benzene rings is 2. The van der Waals surface area contributed by atoms with Gasteiger partial charge < -0.3 is 10.2 Å². The van der Waals surface area contributed by atoms with E-state index < -0.39 is 0 Å². The molecule has 3 heteroatoms. The zero-order valence-corrected chi connectivity index (χ0v) is 15.1. The van der Waals surface area contributed by atoms with Gasteiger partial charge in [0, 0.05) is 26.2 Å². The molecule has 24 heavy (non-hydrogen) atoms. The number of nitrogens with one attached hydrogen (secondary N) is 1. The number of amides is 1. The molecule has 0 saturated carbocycles. The van der Waals surface area contributed by atoms with Gasteiger partial charge >= 0.3 is 0 Å². The summed E-state index contributed by atoms with van der Waals surface area (Å²) in [5, 5.41) is 3.19. The first-order valence-electron chi connectivity index (χ1n) is 8.58. The Balaban J connectivity index is 1.92. The second-order valence-corrected chi connectivity index (χ2v) is 6.76. The molecule has 0 fully saturated rings. The number of aryl methyl sites for hydroxylation is 1. The maximum Gasteiger partial charge on any atom is 0.220 e. The zero-order valence-electron chi connectivity index (χ0n) is 15.1. The zero-order chi connectivity index (χ0) is 17.5. The SMILES string of the molecule is CC(C)C(NC(=O)CCc1ccc(N(C)C)cc1)c1ccccc1. The van der Waals surface area contributed by atoms with E-state index in [1.54, 1.807) is 0 Å². The largest absolute Gasteiger partial charge is 0.378 e. The number of anilines is 1. The van der Waals surface area contributed by atoms with Crippen molar-refractivity contribution < 1.29 is 4.79 Å². The molecule has 0 heterocycles. The predicted molar refractivity (Wildman–Crippen MR) is 101 cm³/mol. The lowest BCUT2D eigenvalue weighted by molar-refractivity contribution is -0.122. The molecule has 0 saturated heterocycles. The molecule has 1 atom stereocenters. The standard InChI is InChI=1S/C21H28N2O/c1-16(2)21(18-8-6-5-7-9-18)22-20(24)15-12-17-10-13-19(14-11-17)23(3)4/h5-11,13-14,16,21H,12,15H2,1-4H3,(H,22,24). The summed E-state index contributed by atoms with van der Waals surface area (Å²) in [5.41, 5.74) is 3.53. The normalized spacial score (nSPS) is 12.0. The first-order chi connectivity index (χ1) is 11.5. The van der Waals surface area contributed by atoms with E-state index in [2.05, 4.69) is 60.5 Å². The second kappa shape index (κ2) is 8.53. The van der Waals surface area contributed by atoms with Crippen LogP contribution in [0, 0.1) is 5.92 Å². The molecule has 3 nitrogen and oxygen atoms in total. The van der Waals surface area contributed by atoms with Crippen LogP contribution in [-0.4, -0.2) is 20.0 Å². The Labute approximate surface area is 145 Å². The predicted octanol–water partition coefficient (Wildman–Crippen LogP) is 4.20. The van der Waals surface area contributed by atoms with E-state index in [1.165, 1.54) is 11.3 Å². The van der Waals surface area contributed by atoms with Crippen LogP contribution < -0.4 is 10.2 Å². The summed E-state index contributed by atoms with van der Waals surface area (Å²) in [6.45, 7) is 4.27. The van der Waals surface area contributed by atoms with Gasteiger partial charge in [0.05, 0.1) is 6.04 Å². The smallest absolute Gasteiger partial charge is 0.220 e. The van der Waals surface area contributed by atoms with E-state index in [-0.39, 0.29) is 11.9 Å². The van der Waals surface area contributed by atoms with Crippen molar-refractivity contribution in [3.63, 3.8) is 0 Å². The quantitative estimate of drug-likeness (QED) is 0.828. The number of rotatable bonds is 7. The molecule has 0 radical (unpaired) electrons. The van der Waals surface area contributed by atoms with E-state index in [0.29, 0.717) is 12.3 Å². The number of nitrogens with zero attached hydrogens (tertiary/aromatic N) is 1. The molecule has 1 N–H and O–H groups in total. The van der Waals surface area contributed by atoms with Gasteiger partial charge in [-0.15, -0.1) is 0 Å². The van der Waals surface area contributed by atoms with Gasteiger partial charge in [-0.2, -0.15) is 0 Å². The van der Waals surface area contributed by atoms with Crippen LogP contribution in [0.5, 0.6) is 0 Å². The molecule has 2 aromatic carbocycles. The Hall–Kier alpha value is -2.29. The number of hydrogen-bond acceptors (Lipinski definition) is 2. The molecule has 0 spiro atoms. The van der Waals surface area contributed by atoms with Crippen LogP contribution >= 0.6 is 0 Å². The monoisotopic (exact) mass is 324 g/mol. The van der Waals surface area contributed by atoms with Crippen molar-refractivity contribution in [2.45, 2.75) is 32.7 Å². The number of hydrogen-bond donors (Lipinski definition) is 1. The highest BCUT2D eigenvalue weighted by molar-refractivity contribution is 5.76. The summed E-state index contributed by atoms with van der Waals surface area (Å²) in [7, 11) is 4.05. The fourth-order valence-corrected chi connectivity index (χ4v) is 2.76. The summed E-state index contributed by atoms with van der Waals surface area (Å²) < 4.78 is 0. The first-order valence-corrected chi connectivity index (χ1v) is 8.58. The minimum absolute atomic E-state index is 0.0646. The Bertz CT molecular complexity index is 633. The summed E-state index contributed by atoms with van der Waals surface area (Å²) in [4.78, 5) is 14.4. The molecule has 1 amide bonds. The molecular formula is C21H28N2O. The molecule has 2 aromatic rings. The van der Waals surface area contributed by atoms with E-state index in [0.717, 1.165) is 12.0 Å². The van der Waals surface area contributed by atoms with Crippen molar-refractivity contribution in [3.05, 3.63) is 65.7 Å². The van der Waals surface area contributed by atoms with Gasteiger partial charge in [0.1, 0.15) is 0 Å². The van der Waals surface area contributed by atoms with Crippen LogP contribution in [0.15, 0.2) is 54.6 Å². The van der Waals surface area contributed by atoms with Crippen LogP contribution in [0.1, 0.15) is 37.4 Å². The van der Waals surface area contributed by atoms with Crippen molar-refractivity contribution in [1.29, 1.82) is 0 Å². The Kier molecular flexibility index (Phi) is 6.42. The van der Waals surface area contributed by atoms with Gasteiger partial charge in [-0.05, 0) is 35.6 Å². The lowest BCUT2D eigenvalue weighted by Crippen LogP contribution is -2.31. The van der Waals surface area contributed by atoms with Crippen LogP contribution in [-0.2, 0) is 11.2 Å². The summed E-state index contributed by atoms with van der Waals surface area (Å²) in [6, 6.07) is 18.6. The van der Waals surface area contributed by atoms with E-state index in [9.17, 15) is 4.79 Å². The van der Waals surface area contributed by atoms with Crippen molar-refractivity contribution in [2.24, 2.45) is 5.92 Å². The Morgan fingerprint density at radius 2 is 1.62 bits per heavy atom. The highest BCUT2D eigenvalue weighted by atomic mass is 16.1. The van der Waals surface area contributed by atoms with Crippen molar-refractivity contribution in [1.82, 2.24) is 5.32 Å². The fraction of sp³-hybridized carbons (Fsp3) is 0.381. The first kappa shape index (κ1) is 18.1. The number of carbonyl (C=O) groups excluding carboxylic acids is 1. The lowest BCUT2D eigenvalue weighted by atomic mass is 9.96. The summed E-state index contributed by atoms with van der Waals surface area (Å²) in [5.74, 6) is 0.463. The minimum Gasteiger partial charge on any atom is -0.378 e. The topological polar surface area (TPSA) is 32.3 Å². The summed E-state index contributed by atoms with van der Waals surface area (Å²) >= 11 is 0. The fourth-order valence-electron chi connectivity index (χ4n) is 2.76. The van der Waals surface area contributed by atoms with Crippen molar-refractivity contribution in [3.8, 4) is 0 Å².